The maximum absolute atomic E-state index is 13.9. The number of carbonyl (C=O) groups excluding carboxylic acids is 1. The highest BCUT2D eigenvalue weighted by Gasteiger charge is 2.37. The highest BCUT2D eigenvalue weighted by molar-refractivity contribution is 6.12. The van der Waals surface area contributed by atoms with Gasteiger partial charge >= 0.3 is 5.97 Å². The first-order chi connectivity index (χ1) is 15.7. The minimum absolute atomic E-state index is 0.00874. The molecule has 0 radical (unpaired) electrons. The number of halogens is 1. The summed E-state index contributed by atoms with van der Waals surface area (Å²) in [6.07, 6.45) is 4.08. The molecular formula is C21H20FN7O4. The molecule has 0 aliphatic carbocycles. The van der Waals surface area contributed by atoms with E-state index in [4.69, 9.17) is 21.1 Å². The van der Waals surface area contributed by atoms with E-state index in [0.29, 0.717) is 11.3 Å². The van der Waals surface area contributed by atoms with Crippen molar-refractivity contribution in [2.45, 2.75) is 19.0 Å². The molecule has 0 saturated heterocycles. The zero-order chi connectivity index (χ0) is 24.0. The third kappa shape index (κ3) is 5.62. The van der Waals surface area contributed by atoms with E-state index in [9.17, 15) is 14.0 Å². The van der Waals surface area contributed by atoms with Gasteiger partial charge in [0.15, 0.2) is 11.4 Å². The second kappa shape index (κ2) is 9.78. The van der Waals surface area contributed by atoms with E-state index in [1.807, 2.05) is 0 Å². The number of aliphatic imine (C=N–C) groups is 1. The van der Waals surface area contributed by atoms with E-state index >= 15 is 0 Å². The van der Waals surface area contributed by atoms with Crippen LogP contribution in [-0.4, -0.2) is 43.4 Å². The van der Waals surface area contributed by atoms with Gasteiger partial charge in [-0.1, -0.05) is 23.4 Å². The van der Waals surface area contributed by atoms with Gasteiger partial charge in [-0.15, -0.1) is 0 Å². The lowest BCUT2D eigenvalue weighted by Gasteiger charge is -2.18. The smallest absolute Gasteiger partial charge is 0.333 e. The van der Waals surface area contributed by atoms with Gasteiger partial charge < -0.3 is 26.4 Å². The van der Waals surface area contributed by atoms with E-state index in [1.54, 1.807) is 24.3 Å². The van der Waals surface area contributed by atoms with Gasteiger partial charge in [0.05, 0.1) is 18.0 Å². The number of carboxylic acid groups (broad SMARTS) is 1. The summed E-state index contributed by atoms with van der Waals surface area (Å²) in [6, 6.07) is 9.09. The molecule has 0 bridgehead atoms. The van der Waals surface area contributed by atoms with Crippen molar-refractivity contribution in [1.29, 1.82) is 0 Å². The quantitative estimate of drug-likeness (QED) is 0.289. The molecule has 0 saturated carbocycles. The molecule has 12 heteroatoms. The molecule has 2 heterocycles. The summed E-state index contributed by atoms with van der Waals surface area (Å²) in [7, 11) is 0. The minimum atomic E-state index is -2.16. The highest BCUT2D eigenvalue weighted by atomic mass is 19.1. The average Bonchev–Trinajstić information content (AvgIpc) is 3.32. The molecule has 1 aromatic carbocycles. The van der Waals surface area contributed by atoms with E-state index in [2.05, 4.69) is 25.4 Å². The van der Waals surface area contributed by atoms with E-state index in [1.165, 1.54) is 30.7 Å². The number of aromatic nitrogens is 3. The third-order valence-electron chi connectivity index (χ3n) is 4.44. The summed E-state index contributed by atoms with van der Waals surface area (Å²) in [5.74, 6) is -2.87. The Kier molecular flexibility index (Phi) is 6.88. The van der Waals surface area contributed by atoms with Crippen LogP contribution < -0.4 is 16.8 Å². The van der Waals surface area contributed by atoms with Crippen LogP contribution in [0.5, 0.6) is 0 Å². The summed E-state index contributed by atoms with van der Waals surface area (Å²) < 4.78 is 18.8. The number of anilines is 1. The number of rotatable bonds is 8. The van der Waals surface area contributed by atoms with Crippen molar-refractivity contribution < 1.29 is 23.6 Å². The minimum Gasteiger partial charge on any atom is -0.479 e. The molecule has 1 amide bonds. The molecule has 6 N–H and O–H groups in total. The number of benzene rings is 1. The summed E-state index contributed by atoms with van der Waals surface area (Å²) in [4.78, 5) is 35.8. The van der Waals surface area contributed by atoms with Crippen LogP contribution in [0.2, 0.25) is 0 Å². The fraction of sp³-hybridized carbons (Fsp3) is 0.143. The Bertz CT molecular complexity index is 1220. The first kappa shape index (κ1) is 23.2. The molecule has 11 nitrogen and oxygen atoms in total. The Morgan fingerprint density at radius 1 is 1.30 bits per heavy atom. The highest BCUT2D eigenvalue weighted by Crippen LogP contribution is 2.13. The monoisotopic (exact) mass is 453 g/mol. The number of aliphatic carboxylic acids is 1. The summed E-state index contributed by atoms with van der Waals surface area (Å²) >= 11 is 0. The average molecular weight is 453 g/mol. The fourth-order valence-electron chi connectivity index (χ4n) is 2.46. The van der Waals surface area contributed by atoms with Crippen LogP contribution in [0.3, 0.4) is 0 Å². The summed E-state index contributed by atoms with van der Waals surface area (Å²) in [6.45, 7) is 1.07. The Hall–Kier alpha value is -4.45. The van der Waals surface area contributed by atoms with Crippen molar-refractivity contribution in [2.75, 3.05) is 5.32 Å². The van der Waals surface area contributed by atoms with Crippen molar-refractivity contribution in [2.24, 2.45) is 16.5 Å². The van der Waals surface area contributed by atoms with Gasteiger partial charge in [0, 0.05) is 17.8 Å². The SMILES string of the molecule is CC(N)(C(=O)O)C(=O)Nc1ccnc(C(N)=CC(=NCc2ccccc2F)c2ccon2)n1. The normalized spacial score (nSPS) is 13.9. The number of carbonyl (C=O) groups is 2. The van der Waals surface area contributed by atoms with Crippen LogP contribution >= 0.6 is 0 Å². The summed E-state index contributed by atoms with van der Waals surface area (Å²) in [5.41, 5.74) is 10.5. The van der Waals surface area contributed by atoms with Gasteiger partial charge in [-0.05, 0) is 25.1 Å². The van der Waals surface area contributed by atoms with Gasteiger partial charge in [0.25, 0.3) is 5.91 Å². The number of allylic oxidation sites excluding steroid dienone is 1. The molecule has 0 aliphatic heterocycles. The summed E-state index contributed by atoms with van der Waals surface area (Å²) in [5, 5.41) is 15.2. The first-order valence-electron chi connectivity index (χ1n) is 9.51. The molecule has 1 unspecified atom stereocenters. The van der Waals surface area contributed by atoms with Crippen LogP contribution in [0.15, 0.2) is 64.4 Å². The zero-order valence-corrected chi connectivity index (χ0v) is 17.4. The second-order valence-corrected chi connectivity index (χ2v) is 7.00. The number of amides is 1. The van der Waals surface area contributed by atoms with Crippen LogP contribution in [0.4, 0.5) is 10.2 Å². The molecular weight excluding hydrogens is 433 g/mol. The number of hydrogen-bond donors (Lipinski definition) is 4. The molecule has 1 atom stereocenters. The van der Waals surface area contributed by atoms with Gasteiger partial charge in [0.2, 0.25) is 0 Å². The van der Waals surface area contributed by atoms with Crippen molar-refractivity contribution in [3.8, 4) is 0 Å². The molecule has 0 spiro atoms. The Labute approximate surface area is 187 Å². The molecule has 0 aliphatic rings. The van der Waals surface area contributed by atoms with Crippen LogP contribution in [0.25, 0.3) is 5.70 Å². The van der Waals surface area contributed by atoms with Crippen molar-refractivity contribution in [3.63, 3.8) is 0 Å². The molecule has 2 aromatic heterocycles. The molecule has 0 fully saturated rings. The molecule has 33 heavy (non-hydrogen) atoms. The van der Waals surface area contributed by atoms with Crippen LogP contribution in [-0.2, 0) is 16.1 Å². The number of nitrogens with zero attached hydrogens (tertiary/aromatic N) is 4. The Balaban J connectivity index is 1.88. The number of nitrogens with one attached hydrogen (secondary N) is 1. The first-order valence-corrected chi connectivity index (χ1v) is 9.51. The predicted octanol–water partition coefficient (Wildman–Crippen LogP) is 1.33. The van der Waals surface area contributed by atoms with Gasteiger partial charge in [-0.25, -0.2) is 19.2 Å². The van der Waals surface area contributed by atoms with E-state index < -0.39 is 23.2 Å². The largest absolute Gasteiger partial charge is 0.479 e. The molecule has 3 rings (SSSR count). The Morgan fingerprint density at radius 3 is 2.73 bits per heavy atom. The Morgan fingerprint density at radius 2 is 2.06 bits per heavy atom. The van der Waals surface area contributed by atoms with Gasteiger partial charge in [-0.3, -0.25) is 9.79 Å². The maximum Gasteiger partial charge on any atom is 0.333 e. The number of nitrogens with two attached hydrogens (primary N) is 2. The fourth-order valence-corrected chi connectivity index (χ4v) is 2.46. The van der Waals surface area contributed by atoms with Crippen molar-refractivity contribution >= 4 is 29.1 Å². The van der Waals surface area contributed by atoms with Crippen molar-refractivity contribution in [3.05, 3.63) is 77.8 Å². The standard InChI is InChI=1S/C21H20FN7O4/c1-21(24,20(31)32)19(30)28-17-6-8-25-18(27-17)14(23)10-16(15-7-9-33-29-15)26-11-12-4-2-3-5-13(12)22/h2-10H,11,23-24H2,1H3,(H,31,32)(H,25,27,28,30). The number of carboxylic acids is 1. The van der Waals surface area contributed by atoms with Crippen LogP contribution in [0.1, 0.15) is 24.0 Å². The van der Waals surface area contributed by atoms with E-state index in [0.717, 1.165) is 6.92 Å². The topological polar surface area (TPSA) is 183 Å². The van der Waals surface area contributed by atoms with E-state index in [-0.39, 0.29) is 29.6 Å². The second-order valence-electron chi connectivity index (χ2n) is 7.00. The lowest BCUT2D eigenvalue weighted by Crippen LogP contribution is -2.55. The van der Waals surface area contributed by atoms with Crippen LogP contribution in [0, 0.1) is 5.82 Å². The van der Waals surface area contributed by atoms with Gasteiger partial charge in [0.1, 0.15) is 23.6 Å². The third-order valence-corrected chi connectivity index (χ3v) is 4.44. The lowest BCUT2D eigenvalue weighted by atomic mass is 10.0. The zero-order valence-electron chi connectivity index (χ0n) is 17.4. The predicted molar refractivity (Wildman–Crippen MR) is 116 cm³/mol. The maximum atomic E-state index is 13.9. The molecule has 3 aromatic rings. The van der Waals surface area contributed by atoms with Crippen molar-refractivity contribution in [1.82, 2.24) is 15.1 Å². The van der Waals surface area contributed by atoms with Gasteiger partial charge in [-0.2, -0.15) is 0 Å². The molecule has 170 valence electrons. The number of hydrogen-bond acceptors (Lipinski definition) is 9. The lowest BCUT2D eigenvalue weighted by molar-refractivity contribution is -0.146.